The van der Waals surface area contributed by atoms with Crippen molar-refractivity contribution >= 4 is 5.91 Å². The van der Waals surface area contributed by atoms with E-state index in [1.807, 2.05) is 0 Å². The number of carbonyl (C=O) groups excluding carboxylic acids is 1. The Morgan fingerprint density at radius 3 is 2.84 bits per heavy atom. The number of halogens is 1. The lowest BCUT2D eigenvalue weighted by molar-refractivity contribution is -0.128. The van der Waals surface area contributed by atoms with Crippen LogP contribution in [0.2, 0.25) is 0 Å². The number of hydrogen-bond acceptors (Lipinski definition) is 3. The van der Waals surface area contributed by atoms with Crippen molar-refractivity contribution in [2.75, 3.05) is 13.7 Å². The van der Waals surface area contributed by atoms with Crippen LogP contribution >= 0.6 is 0 Å². The maximum absolute atomic E-state index is 14.0. The first kappa shape index (κ1) is 13.5. The largest absolute Gasteiger partial charge is 0.497 e. The van der Waals surface area contributed by atoms with Crippen molar-refractivity contribution in [3.8, 4) is 5.75 Å². The molecule has 0 aliphatic heterocycles. The molecule has 0 aromatic heterocycles. The van der Waals surface area contributed by atoms with Gasteiger partial charge in [-0.2, -0.15) is 0 Å². The SMILES string of the molecule is C=CNC(=O)COC1(c2ccc(OC)cc2F)CC1. The average Bonchev–Trinajstić information content (AvgIpc) is 3.17. The molecule has 1 aromatic rings. The molecule has 0 unspecified atom stereocenters. The lowest BCUT2D eigenvalue weighted by Crippen LogP contribution is -2.26. The zero-order chi connectivity index (χ0) is 13.9. The normalized spacial score (nSPS) is 15.7. The molecule has 0 spiro atoms. The number of rotatable bonds is 6. The smallest absolute Gasteiger partial charge is 0.249 e. The molecule has 1 aromatic carbocycles. The van der Waals surface area contributed by atoms with Gasteiger partial charge in [-0.1, -0.05) is 6.58 Å². The van der Waals surface area contributed by atoms with Gasteiger partial charge in [0, 0.05) is 11.6 Å². The molecule has 0 radical (unpaired) electrons. The van der Waals surface area contributed by atoms with Crippen LogP contribution in [-0.2, 0) is 15.1 Å². The molecule has 0 atom stereocenters. The maximum Gasteiger partial charge on any atom is 0.249 e. The third-order valence-corrected chi connectivity index (χ3v) is 3.11. The zero-order valence-corrected chi connectivity index (χ0v) is 10.7. The number of methoxy groups -OCH3 is 1. The lowest BCUT2D eigenvalue weighted by atomic mass is 10.1. The highest BCUT2D eigenvalue weighted by Gasteiger charge is 2.47. The first-order valence-corrected chi connectivity index (χ1v) is 5.99. The number of ether oxygens (including phenoxy) is 2. The van der Waals surface area contributed by atoms with E-state index in [9.17, 15) is 9.18 Å². The Balaban J connectivity index is 2.08. The maximum atomic E-state index is 14.0. The Bertz CT molecular complexity index is 497. The van der Waals surface area contributed by atoms with Crippen LogP contribution in [0, 0.1) is 5.82 Å². The van der Waals surface area contributed by atoms with Crippen molar-refractivity contribution in [1.29, 1.82) is 0 Å². The van der Waals surface area contributed by atoms with Crippen LogP contribution in [0.5, 0.6) is 5.75 Å². The van der Waals surface area contributed by atoms with E-state index < -0.39 is 5.60 Å². The predicted molar refractivity (Wildman–Crippen MR) is 68.2 cm³/mol. The van der Waals surface area contributed by atoms with Gasteiger partial charge in [0.25, 0.3) is 0 Å². The van der Waals surface area contributed by atoms with Crippen molar-refractivity contribution in [3.63, 3.8) is 0 Å². The molecule has 0 bridgehead atoms. The van der Waals surface area contributed by atoms with Crippen LogP contribution in [0.3, 0.4) is 0 Å². The number of carbonyl (C=O) groups is 1. The number of nitrogens with one attached hydrogen (secondary N) is 1. The van der Waals surface area contributed by atoms with Gasteiger partial charge in [0.15, 0.2) is 0 Å². The lowest BCUT2D eigenvalue weighted by Gasteiger charge is -2.17. The fourth-order valence-electron chi connectivity index (χ4n) is 1.96. The van der Waals surface area contributed by atoms with Gasteiger partial charge in [-0.05, 0) is 31.2 Å². The molecule has 0 heterocycles. The van der Waals surface area contributed by atoms with E-state index in [0.29, 0.717) is 24.2 Å². The van der Waals surface area contributed by atoms with Crippen LogP contribution in [0.15, 0.2) is 31.0 Å². The summed E-state index contributed by atoms with van der Waals surface area (Å²) in [5, 5.41) is 2.42. The second-order valence-corrected chi connectivity index (χ2v) is 4.40. The molecular formula is C14H16FNO3. The number of amides is 1. The van der Waals surface area contributed by atoms with Gasteiger partial charge in [0.05, 0.1) is 12.7 Å². The quantitative estimate of drug-likeness (QED) is 0.857. The summed E-state index contributed by atoms with van der Waals surface area (Å²) < 4.78 is 24.5. The van der Waals surface area contributed by atoms with E-state index in [-0.39, 0.29) is 18.3 Å². The average molecular weight is 265 g/mol. The van der Waals surface area contributed by atoms with E-state index >= 15 is 0 Å². The van der Waals surface area contributed by atoms with Crippen LogP contribution in [0.4, 0.5) is 4.39 Å². The molecule has 1 saturated carbocycles. The summed E-state index contributed by atoms with van der Waals surface area (Å²) in [7, 11) is 1.48. The Morgan fingerprint density at radius 1 is 1.58 bits per heavy atom. The summed E-state index contributed by atoms with van der Waals surface area (Å²) in [5.74, 6) is -0.211. The van der Waals surface area contributed by atoms with Gasteiger partial charge in [-0.25, -0.2) is 4.39 Å². The van der Waals surface area contributed by atoms with Crippen LogP contribution in [0.25, 0.3) is 0 Å². The van der Waals surface area contributed by atoms with E-state index in [0.717, 1.165) is 0 Å². The fourth-order valence-corrected chi connectivity index (χ4v) is 1.96. The molecule has 2 rings (SSSR count). The van der Waals surface area contributed by atoms with Gasteiger partial charge in [-0.15, -0.1) is 0 Å². The van der Waals surface area contributed by atoms with Crippen LogP contribution in [-0.4, -0.2) is 19.6 Å². The molecule has 0 saturated heterocycles. The highest BCUT2D eigenvalue weighted by molar-refractivity contribution is 5.78. The summed E-state index contributed by atoms with van der Waals surface area (Å²) in [6.45, 7) is 3.28. The van der Waals surface area contributed by atoms with E-state index in [4.69, 9.17) is 9.47 Å². The van der Waals surface area contributed by atoms with Crippen molar-refractivity contribution < 1.29 is 18.7 Å². The topological polar surface area (TPSA) is 47.6 Å². The van der Waals surface area contributed by atoms with E-state index in [2.05, 4.69) is 11.9 Å². The minimum absolute atomic E-state index is 0.114. The summed E-state index contributed by atoms with van der Waals surface area (Å²) in [6, 6.07) is 4.65. The van der Waals surface area contributed by atoms with Gasteiger partial charge < -0.3 is 14.8 Å². The molecular weight excluding hydrogens is 249 g/mol. The minimum Gasteiger partial charge on any atom is -0.497 e. The molecule has 1 aliphatic carbocycles. The van der Waals surface area contributed by atoms with Crippen molar-refractivity contribution in [2.45, 2.75) is 18.4 Å². The molecule has 4 nitrogen and oxygen atoms in total. The van der Waals surface area contributed by atoms with Crippen molar-refractivity contribution in [2.24, 2.45) is 0 Å². The Kier molecular flexibility index (Phi) is 3.85. The van der Waals surface area contributed by atoms with Crippen molar-refractivity contribution in [1.82, 2.24) is 5.32 Å². The zero-order valence-electron chi connectivity index (χ0n) is 10.7. The summed E-state index contributed by atoms with van der Waals surface area (Å²) >= 11 is 0. The molecule has 1 amide bonds. The second-order valence-electron chi connectivity index (χ2n) is 4.40. The van der Waals surface area contributed by atoms with E-state index in [1.165, 1.54) is 19.4 Å². The number of hydrogen-bond donors (Lipinski definition) is 1. The Morgan fingerprint density at radius 2 is 2.32 bits per heavy atom. The standard InChI is InChI=1S/C14H16FNO3/c1-3-16-13(17)9-19-14(6-7-14)11-5-4-10(18-2)8-12(11)15/h3-5,8H,1,6-7,9H2,2H3,(H,16,17). The van der Waals surface area contributed by atoms with Gasteiger partial charge in [0.1, 0.15) is 18.2 Å². The third-order valence-electron chi connectivity index (χ3n) is 3.11. The fraction of sp³-hybridized carbons (Fsp3) is 0.357. The Hall–Kier alpha value is -1.88. The molecule has 19 heavy (non-hydrogen) atoms. The summed E-state index contributed by atoms with van der Waals surface area (Å²) in [4.78, 5) is 11.3. The summed E-state index contributed by atoms with van der Waals surface area (Å²) in [6.07, 6.45) is 2.70. The number of benzene rings is 1. The van der Waals surface area contributed by atoms with Crippen molar-refractivity contribution in [3.05, 3.63) is 42.4 Å². The third kappa shape index (κ3) is 2.93. The van der Waals surface area contributed by atoms with E-state index in [1.54, 1.807) is 12.1 Å². The highest BCUT2D eigenvalue weighted by Crippen LogP contribution is 2.50. The molecule has 5 heteroatoms. The first-order chi connectivity index (χ1) is 9.11. The minimum atomic E-state index is -0.672. The van der Waals surface area contributed by atoms with Crippen LogP contribution in [0.1, 0.15) is 18.4 Å². The molecule has 1 N–H and O–H groups in total. The highest BCUT2D eigenvalue weighted by atomic mass is 19.1. The molecule has 1 aliphatic rings. The summed E-state index contributed by atoms with van der Waals surface area (Å²) in [5.41, 5.74) is -0.200. The monoisotopic (exact) mass is 265 g/mol. The first-order valence-electron chi connectivity index (χ1n) is 5.99. The second kappa shape index (κ2) is 5.40. The van der Waals surface area contributed by atoms with Gasteiger partial charge in [-0.3, -0.25) is 4.79 Å². The Labute approximate surface area is 111 Å². The predicted octanol–water partition coefficient (Wildman–Crippen LogP) is 2.10. The van der Waals surface area contributed by atoms with Gasteiger partial charge in [0.2, 0.25) is 5.91 Å². The van der Waals surface area contributed by atoms with Crippen LogP contribution < -0.4 is 10.1 Å². The molecule has 1 fully saturated rings. The molecule has 102 valence electrons. The van der Waals surface area contributed by atoms with Gasteiger partial charge >= 0.3 is 0 Å².